The highest BCUT2D eigenvalue weighted by molar-refractivity contribution is 5.76. The van der Waals surface area contributed by atoms with Gasteiger partial charge in [0.25, 0.3) is 0 Å². The lowest BCUT2D eigenvalue weighted by Crippen LogP contribution is -2.30. The molecule has 0 spiro atoms. The van der Waals surface area contributed by atoms with Crippen molar-refractivity contribution in [3.8, 4) is 0 Å². The number of ether oxygens (including phenoxy) is 1. The van der Waals surface area contributed by atoms with Gasteiger partial charge in [-0.2, -0.15) is 0 Å². The highest BCUT2D eigenvalue weighted by Crippen LogP contribution is 2.18. The second kappa shape index (κ2) is 6.66. The van der Waals surface area contributed by atoms with E-state index >= 15 is 0 Å². The van der Waals surface area contributed by atoms with Gasteiger partial charge in [-0.05, 0) is 42.9 Å². The molecule has 0 N–H and O–H groups in total. The highest BCUT2D eigenvalue weighted by Gasteiger charge is 2.20. The van der Waals surface area contributed by atoms with Crippen LogP contribution in [0.25, 0.3) is 0 Å². The number of carbonyl (C=O) groups is 1. The first-order chi connectivity index (χ1) is 9.16. The minimum atomic E-state index is 0.201. The van der Waals surface area contributed by atoms with Crippen molar-refractivity contribution in [1.29, 1.82) is 0 Å². The van der Waals surface area contributed by atoms with Crippen molar-refractivity contribution in [2.75, 3.05) is 20.3 Å². The maximum atomic E-state index is 12.2. The van der Waals surface area contributed by atoms with E-state index < -0.39 is 0 Å². The Bertz CT molecular complexity index is 428. The van der Waals surface area contributed by atoms with E-state index in [2.05, 4.69) is 4.98 Å². The quantitative estimate of drug-likeness (QED) is 0.835. The van der Waals surface area contributed by atoms with E-state index in [-0.39, 0.29) is 5.91 Å². The zero-order valence-electron chi connectivity index (χ0n) is 11.8. The van der Waals surface area contributed by atoms with Gasteiger partial charge < -0.3 is 9.64 Å². The fourth-order valence-corrected chi connectivity index (χ4v) is 2.39. The Balaban J connectivity index is 1.87. The third-order valence-corrected chi connectivity index (χ3v) is 3.69. The van der Waals surface area contributed by atoms with Gasteiger partial charge in [0, 0.05) is 45.6 Å². The average Bonchev–Trinajstić information content (AvgIpc) is 2.42. The Kier molecular flexibility index (Phi) is 4.91. The lowest BCUT2D eigenvalue weighted by molar-refractivity contribution is -0.132. The van der Waals surface area contributed by atoms with Crippen LogP contribution in [0.5, 0.6) is 0 Å². The van der Waals surface area contributed by atoms with Crippen LogP contribution < -0.4 is 0 Å². The van der Waals surface area contributed by atoms with Crippen LogP contribution in [-0.2, 0) is 16.1 Å². The summed E-state index contributed by atoms with van der Waals surface area (Å²) in [5.74, 6) is 0.592. The molecule has 0 saturated carbocycles. The zero-order valence-corrected chi connectivity index (χ0v) is 11.8. The molecule has 0 aliphatic carbocycles. The van der Waals surface area contributed by atoms with E-state index in [4.69, 9.17) is 4.74 Å². The third kappa shape index (κ3) is 4.03. The van der Waals surface area contributed by atoms with E-state index in [9.17, 15) is 4.79 Å². The first kappa shape index (κ1) is 14.0. The molecule has 2 rings (SSSR count). The molecule has 4 heteroatoms. The van der Waals surface area contributed by atoms with Gasteiger partial charge in [-0.15, -0.1) is 0 Å². The topological polar surface area (TPSA) is 42.4 Å². The van der Waals surface area contributed by atoms with Gasteiger partial charge >= 0.3 is 0 Å². The van der Waals surface area contributed by atoms with Gasteiger partial charge in [0.15, 0.2) is 0 Å². The van der Waals surface area contributed by atoms with Crippen LogP contribution in [-0.4, -0.2) is 36.1 Å². The summed E-state index contributed by atoms with van der Waals surface area (Å²) >= 11 is 0. The molecule has 1 atom stereocenters. The van der Waals surface area contributed by atoms with Crippen LogP contribution in [0.2, 0.25) is 0 Å². The molecule has 0 radical (unpaired) electrons. The summed E-state index contributed by atoms with van der Waals surface area (Å²) in [4.78, 5) is 18.1. The smallest absolute Gasteiger partial charge is 0.222 e. The SMILES string of the molecule is Cc1cnccc1CN(C)C(=O)C[C@H]1CCCOC1. The number of carbonyl (C=O) groups excluding carboxylic acids is 1. The van der Waals surface area contributed by atoms with Crippen molar-refractivity contribution < 1.29 is 9.53 Å². The molecule has 1 aliphatic heterocycles. The van der Waals surface area contributed by atoms with Crippen molar-refractivity contribution in [2.45, 2.75) is 32.7 Å². The van der Waals surface area contributed by atoms with Gasteiger partial charge in [0.2, 0.25) is 5.91 Å². The minimum Gasteiger partial charge on any atom is -0.381 e. The number of pyridine rings is 1. The highest BCUT2D eigenvalue weighted by atomic mass is 16.5. The maximum absolute atomic E-state index is 12.2. The normalized spacial score (nSPS) is 19.2. The summed E-state index contributed by atoms with van der Waals surface area (Å²) in [6.07, 6.45) is 6.39. The average molecular weight is 262 g/mol. The first-order valence-electron chi connectivity index (χ1n) is 6.88. The minimum absolute atomic E-state index is 0.201. The summed E-state index contributed by atoms with van der Waals surface area (Å²) in [6, 6.07) is 1.98. The number of hydrogen-bond donors (Lipinski definition) is 0. The van der Waals surface area contributed by atoms with Crippen molar-refractivity contribution in [1.82, 2.24) is 9.88 Å². The second-order valence-corrected chi connectivity index (χ2v) is 5.34. The van der Waals surface area contributed by atoms with Gasteiger partial charge in [-0.3, -0.25) is 9.78 Å². The lowest BCUT2D eigenvalue weighted by Gasteiger charge is -2.24. The number of hydrogen-bond acceptors (Lipinski definition) is 3. The summed E-state index contributed by atoms with van der Waals surface area (Å²) in [5.41, 5.74) is 2.29. The van der Waals surface area contributed by atoms with Crippen LogP contribution in [0.1, 0.15) is 30.4 Å². The van der Waals surface area contributed by atoms with Crippen molar-refractivity contribution in [2.24, 2.45) is 5.92 Å². The number of aromatic nitrogens is 1. The fourth-order valence-electron chi connectivity index (χ4n) is 2.39. The monoisotopic (exact) mass is 262 g/mol. The first-order valence-corrected chi connectivity index (χ1v) is 6.88. The van der Waals surface area contributed by atoms with E-state index in [1.807, 2.05) is 26.2 Å². The Hall–Kier alpha value is -1.42. The molecular formula is C15H22N2O2. The standard InChI is InChI=1S/C15H22N2O2/c1-12-9-16-6-5-14(12)10-17(2)15(18)8-13-4-3-7-19-11-13/h5-6,9,13H,3-4,7-8,10-11H2,1-2H3/t13-/m1/s1. The van der Waals surface area contributed by atoms with Crippen molar-refractivity contribution >= 4 is 5.91 Å². The lowest BCUT2D eigenvalue weighted by atomic mass is 9.98. The van der Waals surface area contributed by atoms with Gasteiger partial charge in [-0.25, -0.2) is 0 Å². The van der Waals surface area contributed by atoms with Gasteiger partial charge in [-0.1, -0.05) is 0 Å². The second-order valence-electron chi connectivity index (χ2n) is 5.34. The largest absolute Gasteiger partial charge is 0.381 e. The number of nitrogens with zero attached hydrogens (tertiary/aromatic N) is 2. The predicted octanol–water partition coefficient (Wildman–Crippen LogP) is 2.17. The molecule has 0 unspecified atom stereocenters. The molecule has 1 saturated heterocycles. The molecule has 1 aromatic heterocycles. The molecule has 1 aliphatic rings. The van der Waals surface area contributed by atoms with Crippen LogP contribution in [0.3, 0.4) is 0 Å². The number of aryl methyl sites for hydroxylation is 1. The molecule has 2 heterocycles. The zero-order chi connectivity index (χ0) is 13.7. The Labute approximate surface area is 114 Å². The van der Waals surface area contributed by atoms with Gasteiger partial charge in [0.1, 0.15) is 0 Å². The number of amides is 1. The molecule has 104 valence electrons. The van der Waals surface area contributed by atoms with E-state index in [0.717, 1.165) is 37.2 Å². The van der Waals surface area contributed by atoms with Gasteiger partial charge in [0.05, 0.1) is 0 Å². The summed E-state index contributed by atoms with van der Waals surface area (Å²) in [5, 5.41) is 0. The maximum Gasteiger partial charge on any atom is 0.222 e. The molecule has 0 aromatic carbocycles. The molecule has 4 nitrogen and oxygen atoms in total. The van der Waals surface area contributed by atoms with Crippen molar-refractivity contribution in [3.05, 3.63) is 29.6 Å². The summed E-state index contributed by atoms with van der Waals surface area (Å²) in [6.45, 7) is 4.25. The van der Waals surface area contributed by atoms with E-state index in [1.165, 1.54) is 0 Å². The van der Waals surface area contributed by atoms with Crippen LogP contribution in [0, 0.1) is 12.8 Å². The predicted molar refractivity (Wildman–Crippen MR) is 73.6 cm³/mol. The van der Waals surface area contributed by atoms with Crippen molar-refractivity contribution in [3.63, 3.8) is 0 Å². The summed E-state index contributed by atoms with van der Waals surface area (Å²) < 4.78 is 5.42. The number of rotatable bonds is 4. The molecule has 1 aromatic rings. The molecule has 1 fully saturated rings. The van der Waals surface area contributed by atoms with Crippen LogP contribution in [0.15, 0.2) is 18.5 Å². The molecule has 0 bridgehead atoms. The Morgan fingerprint density at radius 1 is 1.58 bits per heavy atom. The summed E-state index contributed by atoms with van der Waals surface area (Å²) in [7, 11) is 1.87. The molecule has 19 heavy (non-hydrogen) atoms. The molecular weight excluding hydrogens is 240 g/mol. The van der Waals surface area contributed by atoms with E-state index in [0.29, 0.717) is 18.9 Å². The van der Waals surface area contributed by atoms with E-state index in [1.54, 1.807) is 11.1 Å². The third-order valence-electron chi connectivity index (χ3n) is 3.69. The molecule has 1 amide bonds. The fraction of sp³-hybridized carbons (Fsp3) is 0.600. The van der Waals surface area contributed by atoms with Crippen LogP contribution >= 0.6 is 0 Å². The Morgan fingerprint density at radius 3 is 3.11 bits per heavy atom. The Morgan fingerprint density at radius 2 is 2.42 bits per heavy atom. The van der Waals surface area contributed by atoms with Crippen LogP contribution in [0.4, 0.5) is 0 Å².